The van der Waals surface area contributed by atoms with Gasteiger partial charge in [0.25, 0.3) is 10.0 Å². The van der Waals surface area contributed by atoms with E-state index in [1.54, 1.807) is 19.1 Å². The molecule has 2 aliphatic rings. The zero-order valence-electron chi connectivity index (χ0n) is 19.3. The molecule has 3 rings (SSSR count). The van der Waals surface area contributed by atoms with Crippen molar-refractivity contribution in [1.82, 2.24) is 9.62 Å². The number of rotatable bonds is 7. The van der Waals surface area contributed by atoms with E-state index in [-0.39, 0.29) is 41.2 Å². The van der Waals surface area contributed by atoms with Crippen LogP contribution in [0.5, 0.6) is 0 Å². The third-order valence-electron chi connectivity index (χ3n) is 6.08. The highest BCUT2D eigenvalue weighted by molar-refractivity contribution is 7.90. The number of allylic oxidation sites excluding steroid dienone is 2. The zero-order chi connectivity index (χ0) is 24.3. The quantitative estimate of drug-likeness (QED) is 0.585. The van der Waals surface area contributed by atoms with Gasteiger partial charge in [-0.3, -0.25) is 4.79 Å². The topological polar surface area (TPSA) is 129 Å². The summed E-state index contributed by atoms with van der Waals surface area (Å²) in [4.78, 5) is 25.1. The molecule has 0 aliphatic carbocycles. The smallest absolute Gasteiger partial charge is 0.336 e. The molecule has 4 atom stereocenters. The van der Waals surface area contributed by atoms with Gasteiger partial charge in [0, 0.05) is 5.92 Å². The van der Waals surface area contributed by atoms with Crippen molar-refractivity contribution in [3.05, 3.63) is 35.4 Å². The normalized spacial score (nSPS) is 24.3. The summed E-state index contributed by atoms with van der Waals surface area (Å²) in [7, 11) is -4.16. The summed E-state index contributed by atoms with van der Waals surface area (Å²) in [5.74, 6) is -0.841. The Kier molecular flexibility index (Phi) is 7.44. The molecule has 178 valence electrons. The molecule has 3 unspecified atom stereocenters. The third kappa shape index (κ3) is 5.37. The third-order valence-corrected chi connectivity index (χ3v) is 8.02. The highest BCUT2D eigenvalue weighted by Gasteiger charge is 2.40. The number of nitrogens with one attached hydrogen (secondary N) is 2. The molecule has 33 heavy (non-hydrogen) atoms. The first-order valence-corrected chi connectivity index (χ1v) is 12.4. The molecule has 0 radical (unpaired) electrons. The predicted molar refractivity (Wildman–Crippen MR) is 123 cm³/mol. The highest BCUT2D eigenvalue weighted by Crippen LogP contribution is 2.32. The summed E-state index contributed by atoms with van der Waals surface area (Å²) < 4.78 is 32.4. The van der Waals surface area contributed by atoms with Crippen LogP contribution in [0.3, 0.4) is 0 Å². The summed E-state index contributed by atoms with van der Waals surface area (Å²) >= 11 is 0. The van der Waals surface area contributed by atoms with E-state index in [1.165, 1.54) is 6.07 Å². The Hall–Kier alpha value is -2.90. The number of hydrogen-bond acceptors (Lipinski definition) is 6. The van der Waals surface area contributed by atoms with Crippen LogP contribution < -0.4 is 10.6 Å². The second-order valence-corrected chi connectivity index (χ2v) is 10.7. The lowest BCUT2D eigenvalue weighted by Crippen LogP contribution is -2.51. The Morgan fingerprint density at radius 2 is 2.15 bits per heavy atom. The molecule has 9 nitrogen and oxygen atoms in total. The van der Waals surface area contributed by atoms with Crippen molar-refractivity contribution >= 4 is 27.6 Å². The zero-order valence-corrected chi connectivity index (χ0v) is 20.1. The molecule has 0 aromatic heterocycles. The summed E-state index contributed by atoms with van der Waals surface area (Å²) in [6.45, 7) is 7.17. The number of sulfonamides is 1. The molecular weight excluding hydrogens is 444 g/mol. The highest BCUT2D eigenvalue weighted by atomic mass is 32.2. The van der Waals surface area contributed by atoms with Gasteiger partial charge < -0.3 is 15.4 Å². The fourth-order valence-corrected chi connectivity index (χ4v) is 5.78. The number of amides is 3. The first kappa shape index (κ1) is 24.7. The molecule has 1 fully saturated rings. The van der Waals surface area contributed by atoms with Crippen LogP contribution in [0.2, 0.25) is 0 Å². The van der Waals surface area contributed by atoms with Crippen LogP contribution in [-0.4, -0.2) is 50.0 Å². The summed E-state index contributed by atoms with van der Waals surface area (Å²) in [6, 6.07) is 5.91. The number of fused-ring (bicyclic) bond motifs is 1. The van der Waals surface area contributed by atoms with Gasteiger partial charge in [-0.1, -0.05) is 30.7 Å². The lowest BCUT2D eigenvalue weighted by molar-refractivity contribution is -0.121. The lowest BCUT2D eigenvalue weighted by Gasteiger charge is -2.29. The summed E-state index contributed by atoms with van der Waals surface area (Å²) in [5.41, 5.74) is 1.84. The number of nitrogens with zero attached hydrogens (tertiary/aromatic N) is 2. The van der Waals surface area contributed by atoms with Crippen molar-refractivity contribution < 1.29 is 22.7 Å². The number of urea groups is 1. The van der Waals surface area contributed by atoms with E-state index in [4.69, 9.17) is 4.74 Å². The van der Waals surface area contributed by atoms with Gasteiger partial charge in [-0.15, -0.1) is 0 Å². The van der Waals surface area contributed by atoms with Crippen LogP contribution in [0, 0.1) is 30.1 Å². The molecule has 3 amide bonds. The van der Waals surface area contributed by atoms with E-state index >= 15 is 0 Å². The Balaban J connectivity index is 1.63. The van der Waals surface area contributed by atoms with Crippen LogP contribution in [0.15, 0.2) is 34.7 Å². The second kappa shape index (κ2) is 9.93. The first-order valence-electron chi connectivity index (χ1n) is 10.9. The minimum atomic E-state index is -4.16. The molecule has 0 spiro atoms. The Labute approximate surface area is 194 Å². The monoisotopic (exact) mass is 474 g/mol. The van der Waals surface area contributed by atoms with Crippen molar-refractivity contribution in [3.8, 4) is 6.07 Å². The average Bonchev–Trinajstić information content (AvgIpc) is 3.07. The molecule has 0 saturated carbocycles. The van der Waals surface area contributed by atoms with Gasteiger partial charge in [0.05, 0.1) is 36.4 Å². The summed E-state index contributed by atoms with van der Waals surface area (Å²) in [6.07, 6.45) is 3.02. The Morgan fingerprint density at radius 1 is 1.42 bits per heavy atom. The number of benzene rings is 1. The fraction of sp³-hybridized carbons (Fsp3) is 0.522. The molecule has 2 heterocycles. The van der Waals surface area contributed by atoms with Crippen LogP contribution >= 0.6 is 0 Å². The molecule has 1 saturated heterocycles. The van der Waals surface area contributed by atoms with E-state index in [2.05, 4.69) is 16.7 Å². The molecule has 1 aromatic rings. The first-order chi connectivity index (χ1) is 15.5. The van der Waals surface area contributed by atoms with Crippen molar-refractivity contribution in [1.29, 1.82) is 5.26 Å². The molecule has 2 N–H and O–H groups in total. The number of carbonyl (C=O) groups excluding carboxylic acids is 2. The molecule has 1 aromatic carbocycles. The molecular formula is C23H30N4O5S. The van der Waals surface area contributed by atoms with Crippen LogP contribution in [-0.2, 0) is 19.6 Å². The van der Waals surface area contributed by atoms with Gasteiger partial charge in [-0.05, 0) is 45.2 Å². The van der Waals surface area contributed by atoms with Gasteiger partial charge in [0.15, 0.2) is 0 Å². The van der Waals surface area contributed by atoms with Gasteiger partial charge in [-0.25, -0.2) is 17.5 Å². The average molecular weight is 475 g/mol. The van der Waals surface area contributed by atoms with Crippen LogP contribution in [0.1, 0.15) is 39.2 Å². The van der Waals surface area contributed by atoms with Crippen molar-refractivity contribution in [2.75, 3.05) is 18.5 Å². The maximum absolute atomic E-state index is 13.0. The Morgan fingerprint density at radius 3 is 2.82 bits per heavy atom. The Bertz CT molecular complexity index is 1100. The van der Waals surface area contributed by atoms with E-state index in [0.717, 1.165) is 5.57 Å². The van der Waals surface area contributed by atoms with E-state index in [0.29, 0.717) is 22.7 Å². The lowest BCUT2D eigenvalue weighted by atomic mass is 9.90. The van der Waals surface area contributed by atoms with Crippen molar-refractivity contribution in [2.24, 2.45) is 11.8 Å². The minimum Gasteiger partial charge on any atom is -0.376 e. The predicted octanol–water partition coefficient (Wildman–Crippen LogP) is 2.94. The molecule has 0 bridgehead atoms. The number of anilines is 1. The standard InChI is InChI=1S/C23H30N4O5S/c1-14(2)8-9-17(11-24)10-20-16(4)19(13-32-20)25-21(28)12-27-23(29)26-18-7-5-6-15(3)22(18)33(27,30)31/h5-8,16-17,19-20H,9-10,12-13H2,1-4H3,(H,25,28)(H,26,29)/t16?,17?,19-,20?/m1/s1. The van der Waals surface area contributed by atoms with Crippen molar-refractivity contribution in [2.45, 2.75) is 57.6 Å². The maximum Gasteiger partial charge on any atom is 0.336 e. The number of nitriles is 1. The second-order valence-electron chi connectivity index (χ2n) is 8.88. The van der Waals surface area contributed by atoms with Crippen LogP contribution in [0.25, 0.3) is 0 Å². The van der Waals surface area contributed by atoms with E-state index in [1.807, 2.05) is 26.8 Å². The maximum atomic E-state index is 13.0. The number of carbonyl (C=O) groups is 2. The van der Waals surface area contributed by atoms with Gasteiger partial charge in [-0.2, -0.15) is 5.26 Å². The van der Waals surface area contributed by atoms with Gasteiger partial charge >= 0.3 is 6.03 Å². The largest absolute Gasteiger partial charge is 0.376 e. The molecule has 10 heteroatoms. The number of hydrogen-bond donors (Lipinski definition) is 2. The van der Waals surface area contributed by atoms with Crippen molar-refractivity contribution in [3.63, 3.8) is 0 Å². The van der Waals surface area contributed by atoms with Gasteiger partial charge in [0.1, 0.15) is 11.4 Å². The fourth-order valence-electron chi connectivity index (χ4n) is 4.14. The van der Waals surface area contributed by atoms with E-state index in [9.17, 15) is 23.3 Å². The minimum absolute atomic E-state index is 0.00561. The number of aryl methyl sites for hydroxylation is 1. The van der Waals surface area contributed by atoms with Crippen LogP contribution in [0.4, 0.5) is 10.5 Å². The van der Waals surface area contributed by atoms with E-state index < -0.39 is 28.5 Å². The molecule has 2 aliphatic heterocycles. The SMILES string of the molecule is CC(C)=CCC(C#N)CC1OC[C@@H](NC(=O)CN2C(=O)Nc3cccc(C)c3S2(=O)=O)C1C. The number of ether oxygens (including phenoxy) is 1. The van der Waals surface area contributed by atoms with Gasteiger partial charge in [0.2, 0.25) is 5.91 Å². The summed E-state index contributed by atoms with van der Waals surface area (Å²) in [5, 5.41) is 14.8.